The molecule has 28 heavy (non-hydrogen) atoms. The van der Waals surface area contributed by atoms with Crippen molar-refractivity contribution in [3.05, 3.63) is 24.3 Å². The number of carbonyl (C=O) groups excluding carboxylic acids is 1. The number of hydrogen-bond donors (Lipinski definition) is 1. The van der Waals surface area contributed by atoms with Gasteiger partial charge in [-0.3, -0.25) is 0 Å². The highest BCUT2D eigenvalue weighted by Gasteiger charge is 2.29. The zero-order valence-corrected chi connectivity index (χ0v) is 18.3. The molecule has 1 heterocycles. The van der Waals surface area contributed by atoms with Crippen molar-refractivity contribution in [2.75, 3.05) is 18.8 Å². The Morgan fingerprint density at radius 1 is 1.07 bits per heavy atom. The van der Waals surface area contributed by atoms with Crippen molar-refractivity contribution in [2.24, 2.45) is 0 Å². The topological polar surface area (TPSA) is 110 Å². The fourth-order valence-electron chi connectivity index (χ4n) is 2.79. The molecule has 1 saturated heterocycles. The van der Waals surface area contributed by atoms with Crippen LogP contribution in [0, 0.1) is 0 Å². The van der Waals surface area contributed by atoms with E-state index in [0.717, 1.165) is 0 Å². The summed E-state index contributed by atoms with van der Waals surface area (Å²) in [7, 11) is -7.15. The van der Waals surface area contributed by atoms with Crippen LogP contribution in [-0.2, 0) is 24.6 Å². The Morgan fingerprint density at radius 3 is 2.04 bits per heavy atom. The van der Waals surface area contributed by atoms with E-state index in [1.165, 1.54) is 31.2 Å². The largest absolute Gasteiger partial charge is 0.444 e. The maximum atomic E-state index is 12.6. The molecule has 1 aromatic carbocycles. The van der Waals surface area contributed by atoms with E-state index in [9.17, 15) is 21.6 Å². The Morgan fingerprint density at radius 2 is 1.57 bits per heavy atom. The summed E-state index contributed by atoms with van der Waals surface area (Å²) in [6.45, 7) is 7.71. The Kier molecular flexibility index (Phi) is 6.78. The summed E-state index contributed by atoms with van der Waals surface area (Å²) in [5, 5.41) is 0. The van der Waals surface area contributed by atoms with Crippen LogP contribution in [0.5, 0.6) is 0 Å². The molecule has 0 aliphatic carbocycles. The first-order valence-corrected chi connectivity index (χ1v) is 12.3. The van der Waals surface area contributed by atoms with Crippen molar-refractivity contribution in [2.45, 2.75) is 62.0 Å². The number of piperidine rings is 1. The van der Waals surface area contributed by atoms with Crippen molar-refractivity contribution in [3.8, 4) is 0 Å². The van der Waals surface area contributed by atoms with Gasteiger partial charge in [-0.25, -0.2) is 26.4 Å². The van der Waals surface area contributed by atoms with Crippen LogP contribution < -0.4 is 4.72 Å². The first kappa shape index (κ1) is 22.6. The average molecular weight is 433 g/mol. The molecule has 0 radical (unpaired) electrons. The summed E-state index contributed by atoms with van der Waals surface area (Å²) >= 11 is 0. The van der Waals surface area contributed by atoms with Crippen LogP contribution in [0.4, 0.5) is 4.79 Å². The minimum atomic E-state index is -3.77. The van der Waals surface area contributed by atoms with E-state index in [1.54, 1.807) is 25.7 Å². The van der Waals surface area contributed by atoms with Gasteiger partial charge in [0.15, 0.2) is 9.84 Å². The van der Waals surface area contributed by atoms with E-state index in [1.807, 2.05) is 0 Å². The molecular weight excluding hydrogens is 404 g/mol. The van der Waals surface area contributed by atoms with E-state index in [-0.39, 0.29) is 21.6 Å². The van der Waals surface area contributed by atoms with E-state index >= 15 is 0 Å². The number of nitrogens with zero attached hydrogens (tertiary/aromatic N) is 1. The fourth-order valence-corrected chi connectivity index (χ4v) is 4.98. The lowest BCUT2D eigenvalue weighted by Crippen LogP contribution is -2.47. The normalized spacial score (nSPS) is 16.8. The number of ether oxygens (including phenoxy) is 1. The first-order valence-electron chi connectivity index (χ1n) is 9.17. The quantitative estimate of drug-likeness (QED) is 0.763. The number of sulfone groups is 1. The number of carbonyl (C=O) groups is 1. The van der Waals surface area contributed by atoms with Gasteiger partial charge >= 0.3 is 6.09 Å². The second-order valence-electron chi connectivity index (χ2n) is 7.74. The van der Waals surface area contributed by atoms with Gasteiger partial charge in [-0.2, -0.15) is 0 Å². The summed E-state index contributed by atoms with van der Waals surface area (Å²) in [6, 6.07) is 4.89. The lowest BCUT2D eigenvalue weighted by Gasteiger charge is -2.33. The van der Waals surface area contributed by atoms with Crippen LogP contribution in [0.3, 0.4) is 0 Å². The second kappa shape index (κ2) is 8.38. The van der Waals surface area contributed by atoms with E-state index in [4.69, 9.17) is 4.74 Å². The molecule has 1 aromatic rings. The monoisotopic (exact) mass is 432 g/mol. The molecule has 0 atom stereocenters. The summed E-state index contributed by atoms with van der Waals surface area (Å²) in [5.41, 5.74) is -0.576. The maximum Gasteiger partial charge on any atom is 0.410 e. The molecule has 1 aliphatic rings. The maximum absolute atomic E-state index is 12.6. The van der Waals surface area contributed by atoms with Crippen molar-refractivity contribution in [1.82, 2.24) is 9.62 Å². The first-order chi connectivity index (χ1) is 12.8. The third-order valence-electron chi connectivity index (χ3n) is 4.34. The standard InChI is InChI=1S/C18H28N2O6S2/c1-5-27(22,23)15-6-8-16(9-7-15)28(24,25)19-14-10-12-20(13-11-14)17(21)26-18(2,3)4/h6-9,14,19H,5,10-13H2,1-4H3. The molecule has 0 spiro atoms. The summed E-state index contributed by atoms with van der Waals surface area (Å²) in [6.07, 6.45) is 0.545. The van der Waals surface area contributed by atoms with Gasteiger partial charge in [0, 0.05) is 19.1 Å². The number of nitrogens with one attached hydrogen (secondary N) is 1. The molecule has 1 aliphatic heterocycles. The van der Waals surface area contributed by atoms with Gasteiger partial charge in [0.05, 0.1) is 15.5 Å². The van der Waals surface area contributed by atoms with Gasteiger partial charge in [0.1, 0.15) is 5.60 Å². The molecule has 8 nitrogen and oxygen atoms in total. The Labute approximate surface area is 167 Å². The van der Waals surface area contributed by atoms with Crippen LogP contribution in [0.25, 0.3) is 0 Å². The van der Waals surface area contributed by atoms with E-state index < -0.39 is 31.6 Å². The Balaban J connectivity index is 1.98. The molecule has 1 N–H and O–H groups in total. The minimum Gasteiger partial charge on any atom is -0.444 e. The predicted octanol–water partition coefficient (Wildman–Crippen LogP) is 2.16. The second-order valence-corrected chi connectivity index (χ2v) is 11.7. The third-order valence-corrected chi connectivity index (χ3v) is 7.63. The highest BCUT2D eigenvalue weighted by atomic mass is 32.2. The average Bonchev–Trinajstić information content (AvgIpc) is 2.60. The fraction of sp³-hybridized carbons (Fsp3) is 0.611. The van der Waals surface area contributed by atoms with Crippen molar-refractivity contribution < 1.29 is 26.4 Å². The van der Waals surface area contributed by atoms with Crippen molar-refractivity contribution in [1.29, 1.82) is 0 Å². The number of sulfonamides is 1. The van der Waals surface area contributed by atoms with Crippen molar-refractivity contribution >= 4 is 26.0 Å². The Hall–Kier alpha value is -1.65. The highest BCUT2D eigenvalue weighted by molar-refractivity contribution is 7.91. The molecule has 10 heteroatoms. The summed E-state index contributed by atoms with van der Waals surface area (Å²) in [5.74, 6) is -0.0480. The molecule has 0 bridgehead atoms. The molecule has 0 unspecified atom stereocenters. The lowest BCUT2D eigenvalue weighted by atomic mass is 10.1. The predicted molar refractivity (Wildman–Crippen MR) is 105 cm³/mol. The molecule has 158 valence electrons. The van der Waals surface area contributed by atoms with Gasteiger partial charge in [-0.1, -0.05) is 6.92 Å². The van der Waals surface area contributed by atoms with Crippen LogP contribution in [-0.4, -0.2) is 58.3 Å². The zero-order chi connectivity index (χ0) is 21.2. The van der Waals surface area contributed by atoms with Crippen LogP contribution in [0.15, 0.2) is 34.1 Å². The van der Waals surface area contributed by atoms with Crippen LogP contribution in [0.2, 0.25) is 0 Å². The summed E-state index contributed by atoms with van der Waals surface area (Å²) in [4.78, 5) is 13.8. The minimum absolute atomic E-state index is 0.0112. The number of hydrogen-bond acceptors (Lipinski definition) is 6. The summed E-state index contributed by atoms with van der Waals surface area (Å²) < 4.78 is 56.8. The number of rotatable bonds is 5. The molecule has 0 aromatic heterocycles. The van der Waals surface area contributed by atoms with E-state index in [0.29, 0.717) is 25.9 Å². The molecule has 2 rings (SSSR count). The van der Waals surface area contributed by atoms with Gasteiger partial charge in [0.25, 0.3) is 0 Å². The number of likely N-dealkylation sites (tertiary alicyclic amines) is 1. The number of benzene rings is 1. The zero-order valence-electron chi connectivity index (χ0n) is 16.6. The smallest absolute Gasteiger partial charge is 0.410 e. The molecule has 0 saturated carbocycles. The highest BCUT2D eigenvalue weighted by Crippen LogP contribution is 2.19. The molecule has 1 amide bonds. The van der Waals surface area contributed by atoms with E-state index in [2.05, 4.69) is 4.72 Å². The number of amides is 1. The lowest BCUT2D eigenvalue weighted by molar-refractivity contribution is 0.0203. The SMILES string of the molecule is CCS(=O)(=O)c1ccc(S(=O)(=O)NC2CCN(C(=O)OC(C)(C)C)CC2)cc1. The van der Waals surface area contributed by atoms with Crippen molar-refractivity contribution in [3.63, 3.8) is 0 Å². The van der Waals surface area contributed by atoms with Gasteiger partial charge < -0.3 is 9.64 Å². The van der Waals surface area contributed by atoms with Crippen LogP contribution >= 0.6 is 0 Å². The van der Waals surface area contributed by atoms with Gasteiger partial charge in [-0.05, 0) is 57.9 Å². The van der Waals surface area contributed by atoms with Gasteiger partial charge in [0.2, 0.25) is 10.0 Å². The van der Waals surface area contributed by atoms with Gasteiger partial charge in [-0.15, -0.1) is 0 Å². The molecule has 1 fully saturated rings. The van der Waals surface area contributed by atoms with Crippen LogP contribution in [0.1, 0.15) is 40.5 Å². The third kappa shape index (κ3) is 5.92. The molecular formula is C18H28N2O6S2. The Bertz CT molecular complexity index is 894.